The molecule has 0 aromatic heterocycles. The standard InChI is InChI=1S/C35H56ClN3O2/c1-8-12-27-28-15-16-30(32(40)22-39-21-26-13-10-11-14-31(36)33(26)37-38-39)34(28,6)19-18-29(27)35(23-41-7,24(3)4)20-17-25(5)9-2/h10-11,14,24-25,27-30H,8-9,12-13,15-23H2,1-7H3. The lowest BCUT2D eigenvalue weighted by Gasteiger charge is -2.56. The summed E-state index contributed by atoms with van der Waals surface area (Å²) >= 11 is 6.42. The molecule has 41 heavy (non-hydrogen) atoms. The third kappa shape index (κ3) is 6.56. The quantitative estimate of drug-likeness (QED) is 0.216. The molecule has 4 aliphatic rings. The van der Waals surface area contributed by atoms with Crippen molar-refractivity contribution in [3.05, 3.63) is 34.5 Å². The van der Waals surface area contributed by atoms with Gasteiger partial charge in [-0.25, -0.2) is 0 Å². The summed E-state index contributed by atoms with van der Waals surface area (Å²) in [7, 11) is 1.90. The summed E-state index contributed by atoms with van der Waals surface area (Å²) in [5.41, 5.74) is 2.17. The number of hydrogen-bond acceptors (Lipinski definition) is 5. The number of Topliss-reactive ketones (excluding diaryl/α,β-unsaturated/α-hetero) is 1. The Hall–Kier alpha value is -1.46. The number of nitrogens with zero attached hydrogens (tertiary/aromatic N) is 3. The van der Waals surface area contributed by atoms with Crippen LogP contribution in [0, 0.1) is 46.3 Å². The van der Waals surface area contributed by atoms with Crippen LogP contribution in [-0.4, -0.2) is 37.6 Å². The first kappa shape index (κ1) is 32.5. The summed E-state index contributed by atoms with van der Waals surface area (Å²) in [6.07, 6.45) is 17.5. The molecule has 7 atom stereocenters. The van der Waals surface area contributed by atoms with Gasteiger partial charge in [0, 0.05) is 13.0 Å². The second kappa shape index (κ2) is 13.9. The van der Waals surface area contributed by atoms with Crippen LogP contribution in [0.5, 0.6) is 0 Å². The Morgan fingerprint density at radius 1 is 1.24 bits per heavy atom. The predicted molar refractivity (Wildman–Crippen MR) is 169 cm³/mol. The van der Waals surface area contributed by atoms with Gasteiger partial charge in [0.1, 0.15) is 5.70 Å². The first-order valence-electron chi connectivity index (χ1n) is 16.5. The van der Waals surface area contributed by atoms with Crippen molar-refractivity contribution in [2.75, 3.05) is 26.8 Å². The zero-order chi connectivity index (χ0) is 29.8. The number of fused-ring (bicyclic) bond motifs is 1. The van der Waals surface area contributed by atoms with Crippen LogP contribution in [-0.2, 0) is 9.53 Å². The monoisotopic (exact) mass is 585 g/mol. The second-order valence-electron chi connectivity index (χ2n) is 14.3. The molecule has 5 nitrogen and oxygen atoms in total. The molecule has 0 N–H and O–H groups in total. The van der Waals surface area contributed by atoms with E-state index in [-0.39, 0.29) is 16.7 Å². The molecule has 0 aromatic carbocycles. The Labute approximate surface area is 255 Å². The van der Waals surface area contributed by atoms with Crippen molar-refractivity contribution in [1.29, 1.82) is 0 Å². The van der Waals surface area contributed by atoms with Crippen LogP contribution in [0.25, 0.3) is 0 Å². The van der Waals surface area contributed by atoms with E-state index in [0.29, 0.717) is 47.6 Å². The molecule has 6 heteroatoms. The normalized spacial score (nSPS) is 31.9. The number of allylic oxidation sites excluding steroid dienone is 4. The summed E-state index contributed by atoms with van der Waals surface area (Å²) < 4.78 is 6.05. The second-order valence-corrected chi connectivity index (χ2v) is 14.7. The molecule has 1 aliphatic heterocycles. The number of halogens is 1. The molecular formula is C35H56ClN3O2. The van der Waals surface area contributed by atoms with Gasteiger partial charge in [0.25, 0.3) is 0 Å². The lowest BCUT2D eigenvalue weighted by molar-refractivity contribution is -0.134. The summed E-state index contributed by atoms with van der Waals surface area (Å²) in [4.78, 5) is 14.0. The van der Waals surface area contributed by atoms with Gasteiger partial charge in [-0.2, -0.15) is 0 Å². The van der Waals surface area contributed by atoms with Crippen molar-refractivity contribution < 1.29 is 9.53 Å². The van der Waals surface area contributed by atoms with Crippen molar-refractivity contribution in [3.63, 3.8) is 0 Å². The SMILES string of the molecule is CCCC1C2CCC(C(=O)CN3CC4=C(N=N3)C(Cl)=CC=CC4)C2(C)CCC1C(CCC(C)CC)(COC)C(C)C. The molecule has 0 bridgehead atoms. The Bertz CT molecular complexity index is 1050. The molecule has 0 aromatic rings. The lowest BCUT2D eigenvalue weighted by atomic mass is 9.49. The maximum Gasteiger partial charge on any atom is 0.157 e. The Morgan fingerprint density at radius 3 is 2.71 bits per heavy atom. The number of carbonyl (C=O) groups is 1. The van der Waals surface area contributed by atoms with Crippen molar-refractivity contribution >= 4 is 17.4 Å². The van der Waals surface area contributed by atoms with E-state index < -0.39 is 0 Å². The van der Waals surface area contributed by atoms with Gasteiger partial charge in [-0.1, -0.05) is 96.2 Å². The smallest absolute Gasteiger partial charge is 0.157 e. The summed E-state index contributed by atoms with van der Waals surface area (Å²) in [5, 5.41) is 11.3. The molecule has 3 aliphatic carbocycles. The average Bonchev–Trinajstić information content (AvgIpc) is 3.20. The maximum absolute atomic E-state index is 14.0. The van der Waals surface area contributed by atoms with Gasteiger partial charge in [0.15, 0.2) is 5.78 Å². The van der Waals surface area contributed by atoms with Crippen molar-refractivity contribution in [2.45, 2.75) is 106 Å². The summed E-state index contributed by atoms with van der Waals surface area (Å²) in [5.74, 6) is 3.68. The van der Waals surface area contributed by atoms with Crippen LogP contribution in [0.1, 0.15) is 106 Å². The van der Waals surface area contributed by atoms with E-state index in [0.717, 1.165) is 43.1 Å². The minimum Gasteiger partial charge on any atom is -0.384 e. The summed E-state index contributed by atoms with van der Waals surface area (Å²) in [6.45, 7) is 16.2. The largest absolute Gasteiger partial charge is 0.384 e. The lowest BCUT2D eigenvalue weighted by Crippen LogP contribution is -2.52. The van der Waals surface area contributed by atoms with Gasteiger partial charge in [-0.15, -0.1) is 5.11 Å². The van der Waals surface area contributed by atoms with E-state index in [1.807, 2.05) is 24.3 Å². The fourth-order valence-corrected chi connectivity index (χ4v) is 9.45. The third-order valence-corrected chi connectivity index (χ3v) is 12.1. The molecule has 230 valence electrons. The molecular weight excluding hydrogens is 530 g/mol. The third-order valence-electron chi connectivity index (χ3n) is 11.8. The first-order chi connectivity index (χ1) is 19.6. The van der Waals surface area contributed by atoms with Crippen LogP contribution in [0.2, 0.25) is 0 Å². The van der Waals surface area contributed by atoms with Crippen molar-refractivity contribution in [3.8, 4) is 0 Å². The highest BCUT2D eigenvalue weighted by Crippen LogP contribution is 2.64. The highest BCUT2D eigenvalue weighted by atomic mass is 35.5. The van der Waals surface area contributed by atoms with E-state index in [4.69, 9.17) is 16.3 Å². The van der Waals surface area contributed by atoms with Crippen molar-refractivity contribution in [2.24, 2.45) is 56.7 Å². The van der Waals surface area contributed by atoms with Gasteiger partial charge >= 0.3 is 0 Å². The molecule has 0 saturated heterocycles. The Morgan fingerprint density at radius 2 is 2.02 bits per heavy atom. The van der Waals surface area contributed by atoms with E-state index in [2.05, 4.69) is 58.0 Å². The topological polar surface area (TPSA) is 54.3 Å². The number of methoxy groups -OCH3 is 1. The van der Waals surface area contributed by atoms with Gasteiger partial charge < -0.3 is 4.74 Å². The molecule has 0 amide bonds. The average molecular weight is 586 g/mol. The van der Waals surface area contributed by atoms with Crippen LogP contribution >= 0.6 is 11.6 Å². The van der Waals surface area contributed by atoms with Gasteiger partial charge in [0.05, 0.1) is 24.7 Å². The minimum atomic E-state index is 0.0639. The number of rotatable bonds is 13. The van der Waals surface area contributed by atoms with Crippen LogP contribution < -0.4 is 0 Å². The zero-order valence-electron chi connectivity index (χ0n) is 26.9. The number of ketones is 1. The highest BCUT2D eigenvalue weighted by molar-refractivity contribution is 6.32. The van der Waals surface area contributed by atoms with E-state index in [9.17, 15) is 4.79 Å². The zero-order valence-corrected chi connectivity index (χ0v) is 27.7. The Kier molecular flexibility index (Phi) is 11.0. The van der Waals surface area contributed by atoms with E-state index in [1.165, 1.54) is 44.9 Å². The highest BCUT2D eigenvalue weighted by Gasteiger charge is 2.59. The van der Waals surface area contributed by atoms with Gasteiger partial charge in [-0.05, 0) is 90.6 Å². The van der Waals surface area contributed by atoms with Crippen LogP contribution in [0.4, 0.5) is 0 Å². The molecule has 1 heterocycles. The number of hydrogen-bond donors (Lipinski definition) is 0. The fourth-order valence-electron chi connectivity index (χ4n) is 9.20. The van der Waals surface area contributed by atoms with Crippen molar-refractivity contribution in [1.82, 2.24) is 5.01 Å². The molecule has 2 saturated carbocycles. The predicted octanol–water partition coefficient (Wildman–Crippen LogP) is 9.55. The van der Waals surface area contributed by atoms with Crippen LogP contribution in [0.3, 0.4) is 0 Å². The van der Waals surface area contributed by atoms with Gasteiger partial charge in [-0.3, -0.25) is 9.80 Å². The molecule has 4 rings (SSSR count). The minimum absolute atomic E-state index is 0.0639. The fraction of sp³-hybridized carbons (Fsp3) is 0.800. The molecule has 0 spiro atoms. The maximum atomic E-state index is 14.0. The Balaban J connectivity index is 1.52. The van der Waals surface area contributed by atoms with Gasteiger partial charge in [0.2, 0.25) is 0 Å². The first-order valence-corrected chi connectivity index (χ1v) is 16.9. The number of carbonyl (C=O) groups excluding carboxylic acids is 1. The van der Waals surface area contributed by atoms with E-state index in [1.54, 1.807) is 0 Å². The molecule has 0 radical (unpaired) electrons. The van der Waals surface area contributed by atoms with Crippen LogP contribution in [0.15, 0.2) is 44.9 Å². The molecule has 2 fully saturated rings. The molecule has 7 unspecified atom stereocenters. The number of ether oxygens (including phenoxy) is 1. The van der Waals surface area contributed by atoms with E-state index >= 15 is 0 Å². The summed E-state index contributed by atoms with van der Waals surface area (Å²) in [6, 6.07) is 0.